The zero-order chi connectivity index (χ0) is 12.0. The molecule has 0 bridgehead atoms. The van der Waals surface area contributed by atoms with Gasteiger partial charge in [0.05, 0.1) is 5.56 Å². The number of carboxylic acid groups (broad SMARTS) is 1. The number of benzene rings is 1. The quantitative estimate of drug-likeness (QED) is 0.725. The molecule has 0 radical (unpaired) electrons. The minimum atomic E-state index is -0.874. The SMILES string of the molecule is CCCCCNc1ccc(C(=O)O)cc1C. The molecule has 0 aliphatic carbocycles. The van der Waals surface area contributed by atoms with Crippen molar-refractivity contribution in [2.75, 3.05) is 11.9 Å². The number of unbranched alkanes of at least 4 members (excludes halogenated alkanes) is 2. The minimum absolute atomic E-state index is 0.344. The molecule has 0 unspecified atom stereocenters. The van der Waals surface area contributed by atoms with Gasteiger partial charge in [0.2, 0.25) is 0 Å². The first-order valence-electron chi connectivity index (χ1n) is 5.73. The van der Waals surface area contributed by atoms with Gasteiger partial charge in [0.1, 0.15) is 0 Å². The molecule has 0 heterocycles. The lowest BCUT2D eigenvalue weighted by molar-refractivity contribution is 0.0697. The predicted molar refractivity (Wildman–Crippen MR) is 66.2 cm³/mol. The van der Waals surface area contributed by atoms with Crippen LogP contribution in [0.3, 0.4) is 0 Å². The highest BCUT2D eigenvalue weighted by atomic mass is 16.4. The number of hydrogen-bond donors (Lipinski definition) is 2. The first-order valence-corrected chi connectivity index (χ1v) is 5.73. The Kier molecular flexibility index (Phi) is 4.83. The van der Waals surface area contributed by atoms with Crippen LogP contribution >= 0.6 is 0 Å². The van der Waals surface area contributed by atoms with E-state index in [1.165, 1.54) is 12.8 Å². The normalized spacial score (nSPS) is 10.1. The van der Waals surface area contributed by atoms with Gasteiger partial charge in [-0.25, -0.2) is 4.79 Å². The molecule has 0 saturated carbocycles. The zero-order valence-electron chi connectivity index (χ0n) is 9.92. The van der Waals surface area contributed by atoms with Crippen LogP contribution in [0.5, 0.6) is 0 Å². The van der Waals surface area contributed by atoms with Gasteiger partial charge in [-0.3, -0.25) is 0 Å². The number of carboxylic acids is 1. The number of rotatable bonds is 6. The summed E-state index contributed by atoms with van der Waals surface area (Å²) in [6.07, 6.45) is 3.58. The van der Waals surface area contributed by atoms with Gasteiger partial charge in [-0.15, -0.1) is 0 Å². The molecule has 88 valence electrons. The molecule has 0 saturated heterocycles. The van der Waals surface area contributed by atoms with Crippen molar-refractivity contribution in [1.29, 1.82) is 0 Å². The Morgan fingerprint density at radius 1 is 1.38 bits per heavy atom. The van der Waals surface area contributed by atoms with Crippen molar-refractivity contribution in [3.05, 3.63) is 29.3 Å². The monoisotopic (exact) mass is 221 g/mol. The molecule has 0 fully saturated rings. The van der Waals surface area contributed by atoms with Crippen molar-refractivity contribution < 1.29 is 9.90 Å². The molecule has 1 aromatic rings. The third-order valence-corrected chi connectivity index (χ3v) is 2.57. The molecule has 0 amide bonds. The van der Waals surface area contributed by atoms with E-state index in [1.807, 2.05) is 13.0 Å². The third kappa shape index (κ3) is 3.57. The van der Waals surface area contributed by atoms with E-state index in [1.54, 1.807) is 12.1 Å². The van der Waals surface area contributed by atoms with Crippen LogP contribution in [0.2, 0.25) is 0 Å². The second-order valence-corrected chi connectivity index (χ2v) is 3.97. The lowest BCUT2D eigenvalue weighted by atomic mass is 10.1. The molecular weight excluding hydrogens is 202 g/mol. The second-order valence-electron chi connectivity index (χ2n) is 3.97. The maximum atomic E-state index is 10.7. The molecule has 0 atom stereocenters. The largest absolute Gasteiger partial charge is 0.478 e. The highest BCUT2D eigenvalue weighted by molar-refractivity contribution is 5.88. The Bertz CT molecular complexity index is 361. The molecule has 0 spiro atoms. The van der Waals surface area contributed by atoms with E-state index in [4.69, 9.17) is 5.11 Å². The molecule has 0 aliphatic heterocycles. The van der Waals surface area contributed by atoms with Gasteiger partial charge in [-0.1, -0.05) is 19.8 Å². The Balaban J connectivity index is 2.57. The number of anilines is 1. The number of hydrogen-bond acceptors (Lipinski definition) is 2. The highest BCUT2D eigenvalue weighted by Gasteiger charge is 2.04. The highest BCUT2D eigenvalue weighted by Crippen LogP contribution is 2.16. The summed E-state index contributed by atoms with van der Waals surface area (Å²) in [5.74, 6) is -0.874. The summed E-state index contributed by atoms with van der Waals surface area (Å²) in [7, 11) is 0. The van der Waals surface area contributed by atoms with E-state index >= 15 is 0 Å². The molecule has 2 N–H and O–H groups in total. The van der Waals surface area contributed by atoms with E-state index in [9.17, 15) is 4.79 Å². The summed E-state index contributed by atoms with van der Waals surface area (Å²) in [4.78, 5) is 10.7. The maximum Gasteiger partial charge on any atom is 0.335 e. The first-order chi connectivity index (χ1) is 7.65. The summed E-state index contributed by atoms with van der Waals surface area (Å²) >= 11 is 0. The molecule has 3 heteroatoms. The summed E-state index contributed by atoms with van der Waals surface area (Å²) < 4.78 is 0. The van der Waals surface area contributed by atoms with Gasteiger partial charge in [0.15, 0.2) is 0 Å². The number of nitrogens with one attached hydrogen (secondary N) is 1. The Hall–Kier alpha value is -1.51. The summed E-state index contributed by atoms with van der Waals surface area (Å²) in [5, 5.41) is 12.1. The topological polar surface area (TPSA) is 49.3 Å². The number of aryl methyl sites for hydroxylation is 1. The van der Waals surface area contributed by atoms with Gasteiger partial charge in [-0.2, -0.15) is 0 Å². The van der Waals surface area contributed by atoms with Crippen LogP contribution < -0.4 is 5.32 Å². The van der Waals surface area contributed by atoms with Crippen molar-refractivity contribution in [3.8, 4) is 0 Å². The Morgan fingerprint density at radius 3 is 2.69 bits per heavy atom. The van der Waals surface area contributed by atoms with Crippen LogP contribution in [0.15, 0.2) is 18.2 Å². The average molecular weight is 221 g/mol. The fraction of sp³-hybridized carbons (Fsp3) is 0.462. The van der Waals surface area contributed by atoms with Crippen LogP contribution in [0.25, 0.3) is 0 Å². The van der Waals surface area contributed by atoms with Crippen molar-refractivity contribution >= 4 is 11.7 Å². The zero-order valence-corrected chi connectivity index (χ0v) is 9.92. The van der Waals surface area contributed by atoms with Crippen molar-refractivity contribution in [2.24, 2.45) is 0 Å². The van der Waals surface area contributed by atoms with E-state index in [0.717, 1.165) is 24.2 Å². The molecule has 0 aromatic heterocycles. The molecule has 0 aliphatic rings. The van der Waals surface area contributed by atoms with E-state index in [0.29, 0.717) is 5.56 Å². The standard InChI is InChI=1S/C13H19NO2/c1-3-4-5-8-14-12-7-6-11(13(15)16)9-10(12)2/h6-7,9,14H,3-5,8H2,1-2H3,(H,15,16). The van der Waals surface area contributed by atoms with Crippen molar-refractivity contribution in [3.63, 3.8) is 0 Å². The maximum absolute atomic E-state index is 10.7. The summed E-state index contributed by atoms with van der Waals surface area (Å²) in [6, 6.07) is 5.17. The van der Waals surface area contributed by atoms with Crippen LogP contribution in [-0.4, -0.2) is 17.6 Å². The van der Waals surface area contributed by atoms with Gasteiger partial charge in [0.25, 0.3) is 0 Å². The molecular formula is C13H19NO2. The van der Waals surface area contributed by atoms with E-state index in [-0.39, 0.29) is 0 Å². The summed E-state index contributed by atoms with van der Waals surface area (Å²) in [6.45, 7) is 5.04. The second kappa shape index (κ2) is 6.16. The van der Waals surface area contributed by atoms with Crippen LogP contribution in [0.1, 0.15) is 42.1 Å². The van der Waals surface area contributed by atoms with Gasteiger partial charge >= 0.3 is 5.97 Å². The molecule has 16 heavy (non-hydrogen) atoms. The Labute approximate surface area is 96.5 Å². The lowest BCUT2D eigenvalue weighted by Crippen LogP contribution is -2.04. The fourth-order valence-corrected chi connectivity index (χ4v) is 1.59. The first kappa shape index (κ1) is 12.6. The average Bonchev–Trinajstić information content (AvgIpc) is 2.26. The van der Waals surface area contributed by atoms with Crippen molar-refractivity contribution in [1.82, 2.24) is 0 Å². The number of carbonyl (C=O) groups is 1. The lowest BCUT2D eigenvalue weighted by Gasteiger charge is -2.09. The smallest absolute Gasteiger partial charge is 0.335 e. The number of aromatic carboxylic acids is 1. The predicted octanol–water partition coefficient (Wildman–Crippen LogP) is 3.30. The fourth-order valence-electron chi connectivity index (χ4n) is 1.59. The van der Waals surface area contributed by atoms with E-state index < -0.39 is 5.97 Å². The summed E-state index contributed by atoms with van der Waals surface area (Å²) in [5.41, 5.74) is 2.36. The molecule has 1 rings (SSSR count). The Morgan fingerprint density at radius 2 is 2.12 bits per heavy atom. The van der Waals surface area contributed by atoms with Crippen LogP contribution in [0.4, 0.5) is 5.69 Å². The van der Waals surface area contributed by atoms with Crippen LogP contribution in [0, 0.1) is 6.92 Å². The van der Waals surface area contributed by atoms with Crippen molar-refractivity contribution in [2.45, 2.75) is 33.1 Å². The van der Waals surface area contributed by atoms with E-state index in [2.05, 4.69) is 12.2 Å². The molecule has 1 aromatic carbocycles. The third-order valence-electron chi connectivity index (χ3n) is 2.57. The molecule has 3 nitrogen and oxygen atoms in total. The minimum Gasteiger partial charge on any atom is -0.478 e. The van der Waals surface area contributed by atoms with Crippen LogP contribution in [-0.2, 0) is 0 Å². The van der Waals surface area contributed by atoms with Gasteiger partial charge in [-0.05, 0) is 37.1 Å². The van der Waals surface area contributed by atoms with Gasteiger partial charge < -0.3 is 10.4 Å². The van der Waals surface area contributed by atoms with Gasteiger partial charge in [0, 0.05) is 12.2 Å².